The van der Waals surface area contributed by atoms with E-state index in [9.17, 15) is 8.78 Å². The molecule has 0 amide bonds. The van der Waals surface area contributed by atoms with E-state index in [0.29, 0.717) is 18.8 Å². The molecule has 6 heteroatoms. The number of halogens is 2. The van der Waals surface area contributed by atoms with Crippen LogP contribution in [0, 0.1) is 11.6 Å². The highest BCUT2D eigenvalue weighted by Gasteiger charge is 2.40. The number of hydrogen-bond donors (Lipinski definition) is 0. The van der Waals surface area contributed by atoms with Crippen LogP contribution in [-0.4, -0.2) is 24.9 Å². The maximum absolute atomic E-state index is 15.0. The minimum absolute atomic E-state index is 0.200. The monoisotopic (exact) mass is 528 g/mol. The summed E-state index contributed by atoms with van der Waals surface area (Å²) in [7, 11) is 0. The zero-order valence-corrected chi connectivity index (χ0v) is 21.4. The van der Waals surface area contributed by atoms with Crippen LogP contribution in [0.3, 0.4) is 0 Å². The Morgan fingerprint density at radius 1 is 0.641 bits per heavy atom. The molecule has 0 N–H and O–H groups in total. The second-order valence-corrected chi connectivity index (χ2v) is 9.35. The van der Waals surface area contributed by atoms with Gasteiger partial charge in [-0.2, -0.15) is 0 Å². The molecule has 0 unspecified atom stereocenters. The molecule has 4 nitrogen and oxygen atoms in total. The maximum Gasteiger partial charge on any atom is 0.150 e. The molecule has 5 rings (SSSR count). The van der Waals surface area contributed by atoms with Crippen LogP contribution in [0.2, 0.25) is 0 Å². The lowest BCUT2D eigenvalue weighted by atomic mass is 9.92. The van der Waals surface area contributed by atoms with Gasteiger partial charge in [-0.3, -0.25) is 0 Å². The van der Waals surface area contributed by atoms with Crippen LogP contribution in [0.1, 0.15) is 22.3 Å². The van der Waals surface area contributed by atoms with E-state index in [0.717, 1.165) is 22.8 Å². The van der Waals surface area contributed by atoms with Gasteiger partial charge >= 0.3 is 0 Å². The van der Waals surface area contributed by atoms with Crippen LogP contribution in [-0.2, 0) is 38.8 Å². The van der Waals surface area contributed by atoms with Crippen molar-refractivity contribution in [2.24, 2.45) is 0 Å². The standard InChI is InChI=1S/C33H30F2O4/c34-27-16-17-28(30(35)18-27)29-22-37-31(23-36-19-24-10-4-1-5-11-24)33(39-21-26-14-8-3-9-15-26)32(29)38-20-25-12-6-2-7-13-25/h1-18,22,31-33H,19-21,23H2/t31-,32-,33+/m1/s1. The fourth-order valence-corrected chi connectivity index (χ4v) is 4.53. The summed E-state index contributed by atoms with van der Waals surface area (Å²) >= 11 is 0. The Balaban J connectivity index is 1.43. The van der Waals surface area contributed by atoms with Crippen LogP contribution in [0.5, 0.6) is 0 Å². The topological polar surface area (TPSA) is 36.9 Å². The highest BCUT2D eigenvalue weighted by atomic mass is 19.1. The first-order valence-corrected chi connectivity index (χ1v) is 12.9. The Labute approximate surface area is 227 Å². The van der Waals surface area contributed by atoms with E-state index < -0.39 is 29.9 Å². The van der Waals surface area contributed by atoms with E-state index in [1.165, 1.54) is 18.4 Å². The molecule has 0 spiro atoms. The fourth-order valence-electron chi connectivity index (χ4n) is 4.53. The molecule has 4 aromatic rings. The van der Waals surface area contributed by atoms with Crippen LogP contribution in [0.25, 0.3) is 5.57 Å². The third-order valence-corrected chi connectivity index (χ3v) is 6.53. The third-order valence-electron chi connectivity index (χ3n) is 6.53. The minimum Gasteiger partial charge on any atom is -0.492 e. The molecule has 0 aromatic heterocycles. The Hall–Kier alpha value is -3.84. The van der Waals surface area contributed by atoms with Crippen molar-refractivity contribution in [3.63, 3.8) is 0 Å². The molecular formula is C33H30F2O4. The van der Waals surface area contributed by atoms with E-state index in [1.807, 2.05) is 91.0 Å². The lowest BCUT2D eigenvalue weighted by Gasteiger charge is -2.38. The van der Waals surface area contributed by atoms with Crippen molar-refractivity contribution in [2.75, 3.05) is 6.61 Å². The molecule has 3 atom stereocenters. The summed E-state index contributed by atoms with van der Waals surface area (Å²) in [5.74, 6) is -1.35. The van der Waals surface area contributed by atoms with Gasteiger partial charge in [-0.25, -0.2) is 8.78 Å². The zero-order valence-electron chi connectivity index (χ0n) is 21.4. The number of hydrogen-bond acceptors (Lipinski definition) is 4. The molecule has 200 valence electrons. The van der Waals surface area contributed by atoms with Crippen molar-refractivity contribution in [2.45, 2.75) is 38.1 Å². The van der Waals surface area contributed by atoms with Crippen LogP contribution < -0.4 is 0 Å². The normalized spacial score (nSPS) is 18.8. The molecule has 0 radical (unpaired) electrons. The van der Waals surface area contributed by atoms with Gasteiger partial charge in [-0.15, -0.1) is 0 Å². The first-order valence-electron chi connectivity index (χ1n) is 12.9. The molecular weight excluding hydrogens is 498 g/mol. The quantitative estimate of drug-likeness (QED) is 0.208. The summed E-state index contributed by atoms with van der Waals surface area (Å²) in [6.45, 7) is 1.21. The highest BCUT2D eigenvalue weighted by Crippen LogP contribution is 2.34. The minimum atomic E-state index is -0.701. The number of ether oxygens (including phenoxy) is 4. The van der Waals surface area contributed by atoms with Crippen LogP contribution in [0.4, 0.5) is 8.78 Å². The molecule has 39 heavy (non-hydrogen) atoms. The Kier molecular flexibility index (Phi) is 9.12. The van der Waals surface area contributed by atoms with Crippen molar-refractivity contribution in [3.05, 3.63) is 149 Å². The molecule has 1 heterocycles. The van der Waals surface area contributed by atoms with Gasteiger partial charge in [0.1, 0.15) is 29.9 Å². The zero-order chi connectivity index (χ0) is 26.9. The lowest BCUT2D eigenvalue weighted by molar-refractivity contribution is -0.143. The van der Waals surface area contributed by atoms with E-state index in [-0.39, 0.29) is 18.8 Å². The average Bonchev–Trinajstić information content (AvgIpc) is 2.97. The van der Waals surface area contributed by atoms with E-state index >= 15 is 0 Å². The van der Waals surface area contributed by atoms with Gasteiger partial charge in [0.15, 0.2) is 0 Å². The fraction of sp³-hybridized carbons (Fsp3) is 0.212. The van der Waals surface area contributed by atoms with Gasteiger partial charge in [0.05, 0.1) is 32.7 Å². The van der Waals surface area contributed by atoms with Gasteiger partial charge in [0.2, 0.25) is 0 Å². The van der Waals surface area contributed by atoms with Gasteiger partial charge in [0, 0.05) is 17.2 Å². The average molecular weight is 529 g/mol. The molecule has 4 aromatic carbocycles. The summed E-state index contributed by atoms with van der Waals surface area (Å²) in [6.07, 6.45) is -0.363. The predicted molar refractivity (Wildman–Crippen MR) is 145 cm³/mol. The molecule has 0 saturated carbocycles. The number of rotatable bonds is 11. The third kappa shape index (κ3) is 7.18. The molecule has 1 aliphatic rings. The summed E-state index contributed by atoms with van der Waals surface area (Å²) in [4.78, 5) is 0. The molecule has 1 aliphatic heterocycles. The highest BCUT2D eigenvalue weighted by molar-refractivity contribution is 5.70. The Morgan fingerprint density at radius 2 is 1.21 bits per heavy atom. The summed E-state index contributed by atoms with van der Waals surface area (Å²) in [5.41, 5.74) is 3.62. The van der Waals surface area contributed by atoms with Crippen LogP contribution in [0.15, 0.2) is 115 Å². The lowest BCUT2D eigenvalue weighted by Crippen LogP contribution is -2.47. The van der Waals surface area contributed by atoms with Gasteiger partial charge in [-0.05, 0) is 28.8 Å². The Bertz CT molecular complexity index is 1350. The van der Waals surface area contributed by atoms with E-state index in [4.69, 9.17) is 18.9 Å². The summed E-state index contributed by atoms with van der Waals surface area (Å²) in [6, 6.07) is 32.8. The smallest absolute Gasteiger partial charge is 0.150 e. The first-order chi connectivity index (χ1) is 19.2. The second kappa shape index (κ2) is 13.3. The van der Waals surface area contributed by atoms with E-state index in [2.05, 4.69) is 0 Å². The van der Waals surface area contributed by atoms with Gasteiger partial charge in [0.25, 0.3) is 0 Å². The van der Waals surface area contributed by atoms with Crippen molar-refractivity contribution in [1.29, 1.82) is 0 Å². The number of benzene rings is 4. The maximum atomic E-state index is 15.0. The van der Waals surface area contributed by atoms with Gasteiger partial charge < -0.3 is 18.9 Å². The van der Waals surface area contributed by atoms with Crippen molar-refractivity contribution >= 4 is 5.57 Å². The van der Waals surface area contributed by atoms with Crippen molar-refractivity contribution in [1.82, 2.24) is 0 Å². The SMILES string of the molecule is Fc1ccc(C2=CO[C@H](COCc3ccccc3)[C@H](OCc3ccccc3)[C@@H]2OCc2ccccc2)c(F)c1. The Morgan fingerprint density at radius 3 is 1.79 bits per heavy atom. The summed E-state index contributed by atoms with van der Waals surface area (Å²) < 4.78 is 53.7. The largest absolute Gasteiger partial charge is 0.492 e. The molecule has 0 aliphatic carbocycles. The second-order valence-electron chi connectivity index (χ2n) is 9.35. The molecule has 0 saturated heterocycles. The van der Waals surface area contributed by atoms with Gasteiger partial charge in [-0.1, -0.05) is 91.0 Å². The van der Waals surface area contributed by atoms with Crippen molar-refractivity contribution in [3.8, 4) is 0 Å². The molecule has 0 bridgehead atoms. The van der Waals surface area contributed by atoms with Crippen LogP contribution >= 0.6 is 0 Å². The molecule has 0 fully saturated rings. The van der Waals surface area contributed by atoms with E-state index in [1.54, 1.807) is 0 Å². The predicted octanol–water partition coefficient (Wildman–Crippen LogP) is 7.09. The van der Waals surface area contributed by atoms with Crippen molar-refractivity contribution < 1.29 is 27.7 Å². The summed E-state index contributed by atoms with van der Waals surface area (Å²) in [5, 5.41) is 0. The first kappa shape index (κ1) is 26.8.